The van der Waals surface area contributed by atoms with Crippen molar-refractivity contribution in [2.75, 3.05) is 11.9 Å². The maximum atomic E-state index is 13.4. The lowest BCUT2D eigenvalue weighted by Gasteiger charge is -2.13. The van der Waals surface area contributed by atoms with Gasteiger partial charge in [-0.15, -0.1) is 0 Å². The van der Waals surface area contributed by atoms with Crippen molar-refractivity contribution in [3.63, 3.8) is 0 Å². The topological polar surface area (TPSA) is 129 Å². The lowest BCUT2D eigenvalue weighted by atomic mass is 10.1. The van der Waals surface area contributed by atoms with Gasteiger partial charge in [-0.3, -0.25) is 19.7 Å². The molecule has 0 radical (unpaired) electrons. The second-order valence-electron chi connectivity index (χ2n) is 8.95. The molecule has 10 nitrogen and oxygen atoms in total. The fraction of sp³-hybridized carbons (Fsp3) is 0.185. The zero-order valence-electron chi connectivity index (χ0n) is 21.1. The Morgan fingerprint density at radius 1 is 1.15 bits per heavy atom. The van der Waals surface area contributed by atoms with Crippen molar-refractivity contribution < 1.29 is 14.5 Å². The van der Waals surface area contributed by atoms with E-state index in [1.54, 1.807) is 36.4 Å². The smallest absolute Gasteiger partial charge is 0.312 e. The van der Waals surface area contributed by atoms with E-state index in [2.05, 4.69) is 47.3 Å². The van der Waals surface area contributed by atoms with Crippen LogP contribution in [0.15, 0.2) is 73.4 Å². The molecule has 0 atom stereocenters. The number of nitrogens with zero attached hydrogens (tertiary/aromatic N) is 4. The number of hydrogen-bond donors (Lipinski definition) is 1. The van der Waals surface area contributed by atoms with Crippen molar-refractivity contribution in [1.29, 1.82) is 0 Å². The average molecular weight is 657 g/mol. The van der Waals surface area contributed by atoms with Crippen LogP contribution in [0.1, 0.15) is 36.7 Å². The molecule has 3 aromatic carbocycles. The van der Waals surface area contributed by atoms with Gasteiger partial charge in [0.2, 0.25) is 5.75 Å². The normalized spacial score (nSPS) is 11.3. The van der Waals surface area contributed by atoms with Crippen LogP contribution in [0.3, 0.4) is 0 Å². The molecule has 0 bridgehead atoms. The molecule has 0 aliphatic carbocycles. The highest BCUT2D eigenvalue weighted by Gasteiger charge is 2.22. The number of aromatic nitrogens is 2. The fourth-order valence-electron chi connectivity index (χ4n) is 3.73. The molecule has 0 aliphatic heterocycles. The molecule has 4 aromatic rings. The first-order chi connectivity index (χ1) is 18.5. The first-order valence-corrected chi connectivity index (χ1v) is 13.4. The van der Waals surface area contributed by atoms with Crippen LogP contribution < -0.4 is 15.6 Å². The number of benzene rings is 3. The number of carbonyl (C=O) groups is 1. The van der Waals surface area contributed by atoms with Crippen LogP contribution in [0, 0.1) is 17.0 Å². The average Bonchev–Trinajstić information content (AvgIpc) is 2.88. The Bertz CT molecular complexity index is 1670. The zero-order valence-corrected chi connectivity index (χ0v) is 24.3. The Morgan fingerprint density at radius 2 is 1.87 bits per heavy atom. The molecule has 39 heavy (non-hydrogen) atoms. The van der Waals surface area contributed by atoms with Crippen molar-refractivity contribution in [3.05, 3.63) is 101 Å². The number of nitro benzene ring substituents is 1. The third-order valence-corrected chi connectivity index (χ3v) is 6.56. The predicted octanol–water partition coefficient (Wildman–Crippen LogP) is 6.16. The number of carbonyl (C=O) groups excluding carboxylic acids is 1. The minimum atomic E-state index is -0.615. The van der Waals surface area contributed by atoms with Crippen LogP contribution in [0.5, 0.6) is 5.75 Å². The molecular weight excluding hydrogens is 634 g/mol. The first kappa shape index (κ1) is 28.1. The molecule has 0 fully saturated rings. The molecule has 0 unspecified atom stereocenters. The van der Waals surface area contributed by atoms with Crippen molar-refractivity contribution in [3.8, 4) is 5.75 Å². The van der Waals surface area contributed by atoms with Gasteiger partial charge in [0.25, 0.3) is 11.5 Å². The number of nitro groups is 1. The molecule has 1 aromatic heterocycles. The molecule has 0 spiro atoms. The summed E-state index contributed by atoms with van der Waals surface area (Å²) in [5.41, 5.74) is 1.55. The molecule has 1 heterocycles. The predicted molar refractivity (Wildman–Crippen MR) is 157 cm³/mol. The molecule has 0 saturated carbocycles. The molecule has 1 N–H and O–H groups in total. The quantitative estimate of drug-likeness (QED) is 0.137. The largest absolute Gasteiger partial charge is 0.476 e. The third-order valence-electron chi connectivity index (χ3n) is 5.60. The monoisotopic (exact) mass is 655 g/mol. The summed E-state index contributed by atoms with van der Waals surface area (Å²) in [6.45, 7) is 5.20. The minimum Gasteiger partial charge on any atom is -0.476 e. The Hall–Kier alpha value is -3.90. The second kappa shape index (κ2) is 11.9. The van der Waals surface area contributed by atoms with Gasteiger partial charge in [0.05, 0.1) is 22.0 Å². The van der Waals surface area contributed by atoms with Gasteiger partial charge in [-0.25, -0.2) is 4.98 Å². The Kier molecular flexibility index (Phi) is 8.56. The van der Waals surface area contributed by atoms with E-state index in [0.717, 1.165) is 5.56 Å². The number of hydrogen-bond acceptors (Lipinski definition) is 7. The van der Waals surface area contributed by atoms with E-state index in [9.17, 15) is 19.7 Å². The van der Waals surface area contributed by atoms with E-state index in [4.69, 9.17) is 4.74 Å². The molecule has 4 rings (SSSR count). The van der Waals surface area contributed by atoms with E-state index < -0.39 is 23.0 Å². The van der Waals surface area contributed by atoms with Gasteiger partial charge < -0.3 is 10.1 Å². The number of rotatable bonds is 8. The van der Waals surface area contributed by atoms with Crippen LogP contribution in [-0.4, -0.2) is 33.3 Å². The molecule has 200 valence electrons. The fourth-order valence-corrected chi connectivity index (χ4v) is 4.56. The SMILES string of the molecule is Cc1ccc(NC(=O)COc2c(C=Nn3c(C(C)C)nc4ccc(Br)cc4c3=O)cc(Br)cc2[N+](=O)[O-])cc1. The van der Waals surface area contributed by atoms with Gasteiger partial charge in [0.1, 0.15) is 5.82 Å². The number of ether oxygens (including phenoxy) is 1. The molecule has 0 aliphatic rings. The van der Waals surface area contributed by atoms with E-state index in [1.165, 1.54) is 17.0 Å². The maximum Gasteiger partial charge on any atom is 0.312 e. The van der Waals surface area contributed by atoms with Crippen molar-refractivity contribution in [2.24, 2.45) is 5.10 Å². The standard InChI is InChI=1S/C27H23Br2N5O5/c1-15(2)26-32-22-9-6-18(28)11-21(22)27(36)33(26)30-13-17-10-19(29)12-23(34(37)38)25(17)39-14-24(35)31-20-7-4-16(3)5-8-20/h4-13,15H,14H2,1-3H3,(H,31,35). The summed E-state index contributed by atoms with van der Waals surface area (Å²) in [6, 6.07) is 15.2. The van der Waals surface area contributed by atoms with Gasteiger partial charge in [-0.05, 0) is 43.3 Å². The number of aryl methyl sites for hydroxylation is 1. The molecule has 1 amide bonds. The highest BCUT2D eigenvalue weighted by molar-refractivity contribution is 9.10. The lowest BCUT2D eigenvalue weighted by molar-refractivity contribution is -0.385. The van der Waals surface area contributed by atoms with Crippen LogP contribution >= 0.6 is 31.9 Å². The summed E-state index contributed by atoms with van der Waals surface area (Å²) in [4.78, 5) is 41.7. The van der Waals surface area contributed by atoms with Gasteiger partial charge in [0.15, 0.2) is 6.61 Å². The zero-order chi connectivity index (χ0) is 28.3. The Balaban J connectivity index is 1.72. The number of nitrogens with one attached hydrogen (secondary N) is 1. The number of halogens is 2. The molecule has 12 heteroatoms. The highest BCUT2D eigenvalue weighted by Crippen LogP contribution is 2.34. The maximum absolute atomic E-state index is 13.4. The van der Waals surface area contributed by atoms with Crippen LogP contribution in [-0.2, 0) is 4.79 Å². The van der Waals surface area contributed by atoms with E-state index >= 15 is 0 Å². The van der Waals surface area contributed by atoms with E-state index in [1.807, 2.05) is 32.9 Å². The number of fused-ring (bicyclic) bond motifs is 1. The van der Waals surface area contributed by atoms with Gasteiger partial charge in [0, 0.05) is 32.2 Å². The first-order valence-electron chi connectivity index (χ1n) is 11.8. The van der Waals surface area contributed by atoms with Crippen molar-refractivity contribution in [2.45, 2.75) is 26.7 Å². The van der Waals surface area contributed by atoms with E-state index in [0.29, 0.717) is 31.4 Å². The van der Waals surface area contributed by atoms with Crippen LogP contribution in [0.4, 0.5) is 11.4 Å². The van der Waals surface area contributed by atoms with Crippen LogP contribution in [0.2, 0.25) is 0 Å². The summed E-state index contributed by atoms with van der Waals surface area (Å²) in [7, 11) is 0. The number of anilines is 1. The van der Waals surface area contributed by atoms with Crippen LogP contribution in [0.25, 0.3) is 10.9 Å². The minimum absolute atomic E-state index is 0.152. The second-order valence-corrected chi connectivity index (χ2v) is 10.8. The number of amides is 1. The third kappa shape index (κ3) is 6.58. The van der Waals surface area contributed by atoms with Gasteiger partial charge in [-0.1, -0.05) is 63.4 Å². The van der Waals surface area contributed by atoms with E-state index in [-0.39, 0.29) is 22.9 Å². The summed E-state index contributed by atoms with van der Waals surface area (Å²) < 4.78 is 7.92. The summed E-state index contributed by atoms with van der Waals surface area (Å²) in [5.74, 6) is -0.403. The summed E-state index contributed by atoms with van der Waals surface area (Å²) >= 11 is 6.65. The highest BCUT2D eigenvalue weighted by atomic mass is 79.9. The van der Waals surface area contributed by atoms with Gasteiger partial charge in [-0.2, -0.15) is 9.78 Å². The Morgan fingerprint density at radius 3 is 2.54 bits per heavy atom. The van der Waals surface area contributed by atoms with Crippen molar-refractivity contribution >= 4 is 66.3 Å². The lowest BCUT2D eigenvalue weighted by Crippen LogP contribution is -2.23. The molecule has 0 saturated heterocycles. The van der Waals surface area contributed by atoms with Crippen molar-refractivity contribution in [1.82, 2.24) is 9.66 Å². The Labute approximate surface area is 240 Å². The summed E-state index contributed by atoms with van der Waals surface area (Å²) in [6.07, 6.45) is 1.28. The van der Waals surface area contributed by atoms with Gasteiger partial charge >= 0.3 is 5.69 Å². The summed E-state index contributed by atoms with van der Waals surface area (Å²) in [5, 5.41) is 19.2. The molecular formula is C27H23Br2N5O5.